The molecule has 0 aliphatic rings. The zero-order valence-electron chi connectivity index (χ0n) is 11.7. The Morgan fingerprint density at radius 2 is 2.00 bits per heavy atom. The van der Waals surface area contributed by atoms with Crippen molar-refractivity contribution in [3.8, 4) is 5.75 Å². The van der Waals surface area contributed by atoms with Crippen molar-refractivity contribution in [3.05, 3.63) is 58.4 Å². The van der Waals surface area contributed by atoms with E-state index in [1.807, 2.05) is 32.0 Å². The van der Waals surface area contributed by atoms with E-state index in [-0.39, 0.29) is 11.9 Å². The summed E-state index contributed by atoms with van der Waals surface area (Å²) < 4.78 is 19.2. The molecule has 2 aromatic carbocycles. The molecule has 2 aromatic rings. The highest BCUT2D eigenvalue weighted by Gasteiger charge is 2.16. The Kier molecular flexibility index (Phi) is 4.50. The summed E-state index contributed by atoms with van der Waals surface area (Å²) in [5, 5.41) is 3.97. The van der Waals surface area contributed by atoms with Crippen LogP contribution in [0.25, 0.3) is 0 Å². The molecule has 106 valence electrons. The van der Waals surface area contributed by atoms with E-state index in [4.69, 9.17) is 16.3 Å². The number of hydrogen-bond acceptors (Lipinski definition) is 2. The van der Waals surface area contributed by atoms with E-state index in [9.17, 15) is 4.39 Å². The van der Waals surface area contributed by atoms with Crippen molar-refractivity contribution >= 4 is 17.3 Å². The van der Waals surface area contributed by atoms with E-state index in [1.165, 1.54) is 6.07 Å². The predicted octanol–water partition coefficient (Wildman–Crippen LogP) is 4.97. The van der Waals surface area contributed by atoms with Crippen LogP contribution in [0, 0.1) is 12.7 Å². The lowest BCUT2D eigenvalue weighted by atomic mass is 10.1. The van der Waals surface area contributed by atoms with Gasteiger partial charge in [-0.25, -0.2) is 4.39 Å². The minimum Gasteiger partial charge on any atom is -0.496 e. The highest BCUT2D eigenvalue weighted by molar-refractivity contribution is 6.30. The van der Waals surface area contributed by atoms with Crippen molar-refractivity contribution in [2.75, 3.05) is 12.4 Å². The van der Waals surface area contributed by atoms with Crippen LogP contribution >= 0.6 is 11.6 Å². The summed E-state index contributed by atoms with van der Waals surface area (Å²) in [6.45, 7) is 3.86. The lowest BCUT2D eigenvalue weighted by Crippen LogP contribution is -2.11. The highest BCUT2D eigenvalue weighted by atomic mass is 35.5. The van der Waals surface area contributed by atoms with E-state index in [0.29, 0.717) is 16.3 Å². The molecule has 4 heteroatoms. The maximum Gasteiger partial charge on any atom is 0.132 e. The summed E-state index contributed by atoms with van der Waals surface area (Å²) in [5.74, 6) is 0.257. The summed E-state index contributed by atoms with van der Waals surface area (Å²) in [6, 6.07) is 10.2. The first-order chi connectivity index (χ1) is 9.52. The third-order valence-corrected chi connectivity index (χ3v) is 3.46. The quantitative estimate of drug-likeness (QED) is 0.859. The average Bonchev–Trinajstić information content (AvgIpc) is 2.41. The first-order valence-corrected chi connectivity index (χ1v) is 6.76. The van der Waals surface area contributed by atoms with E-state index >= 15 is 0 Å². The Labute approximate surface area is 123 Å². The number of hydrogen-bond donors (Lipinski definition) is 1. The van der Waals surface area contributed by atoms with Gasteiger partial charge in [-0.1, -0.05) is 17.7 Å². The molecule has 0 aliphatic heterocycles. The molecule has 0 aromatic heterocycles. The number of anilines is 1. The highest BCUT2D eigenvalue weighted by Crippen LogP contribution is 2.31. The molecule has 0 fully saturated rings. The smallest absolute Gasteiger partial charge is 0.132 e. The maximum atomic E-state index is 14.0. The van der Waals surface area contributed by atoms with Crippen molar-refractivity contribution in [1.29, 1.82) is 0 Å². The summed E-state index contributed by atoms with van der Waals surface area (Å²) in [6.07, 6.45) is 0. The topological polar surface area (TPSA) is 21.3 Å². The lowest BCUT2D eigenvalue weighted by molar-refractivity contribution is 0.402. The van der Waals surface area contributed by atoms with Gasteiger partial charge in [-0.2, -0.15) is 0 Å². The molecule has 1 unspecified atom stereocenters. The van der Waals surface area contributed by atoms with Gasteiger partial charge in [0.05, 0.1) is 18.7 Å². The Morgan fingerprint density at radius 1 is 1.25 bits per heavy atom. The minimum atomic E-state index is -0.282. The van der Waals surface area contributed by atoms with Crippen LogP contribution in [-0.2, 0) is 0 Å². The normalized spacial score (nSPS) is 12.1. The zero-order valence-corrected chi connectivity index (χ0v) is 12.5. The van der Waals surface area contributed by atoms with Gasteiger partial charge in [0.2, 0.25) is 0 Å². The number of benzene rings is 2. The van der Waals surface area contributed by atoms with E-state index < -0.39 is 0 Å². The van der Waals surface area contributed by atoms with Crippen LogP contribution in [0.5, 0.6) is 5.75 Å². The number of methoxy groups -OCH3 is 1. The molecule has 0 amide bonds. The Balaban J connectivity index is 2.30. The van der Waals surface area contributed by atoms with Crippen molar-refractivity contribution in [2.45, 2.75) is 19.9 Å². The maximum absolute atomic E-state index is 14.0. The fourth-order valence-corrected chi connectivity index (χ4v) is 2.44. The van der Waals surface area contributed by atoms with Crippen LogP contribution < -0.4 is 10.1 Å². The number of ether oxygens (including phenoxy) is 1. The molecular formula is C16H17ClFNO. The fraction of sp³-hybridized carbons (Fsp3) is 0.250. The van der Waals surface area contributed by atoms with Crippen LogP contribution in [0.4, 0.5) is 10.1 Å². The molecule has 20 heavy (non-hydrogen) atoms. The van der Waals surface area contributed by atoms with Crippen LogP contribution in [0.3, 0.4) is 0 Å². The number of nitrogens with one attached hydrogen (secondary N) is 1. The van der Waals surface area contributed by atoms with E-state index in [1.54, 1.807) is 19.2 Å². The summed E-state index contributed by atoms with van der Waals surface area (Å²) in [5.41, 5.74) is 2.45. The molecule has 0 spiro atoms. The summed E-state index contributed by atoms with van der Waals surface area (Å²) in [4.78, 5) is 0. The number of aryl methyl sites for hydroxylation is 1. The second kappa shape index (κ2) is 6.14. The third kappa shape index (κ3) is 3.05. The van der Waals surface area contributed by atoms with Gasteiger partial charge in [0.15, 0.2) is 0 Å². The van der Waals surface area contributed by atoms with Gasteiger partial charge in [0.25, 0.3) is 0 Å². The third-order valence-electron chi connectivity index (χ3n) is 3.23. The molecule has 1 N–H and O–H groups in total. The summed E-state index contributed by atoms with van der Waals surface area (Å²) in [7, 11) is 1.54. The molecule has 0 saturated carbocycles. The molecule has 0 heterocycles. The predicted molar refractivity (Wildman–Crippen MR) is 81.2 cm³/mol. The van der Waals surface area contributed by atoms with Crippen molar-refractivity contribution < 1.29 is 9.13 Å². The first-order valence-electron chi connectivity index (χ1n) is 6.38. The molecule has 1 atom stereocenters. The van der Waals surface area contributed by atoms with Crippen LogP contribution in [0.15, 0.2) is 36.4 Å². The van der Waals surface area contributed by atoms with Gasteiger partial charge < -0.3 is 10.1 Å². The molecule has 2 rings (SSSR count). The molecular weight excluding hydrogens is 277 g/mol. The van der Waals surface area contributed by atoms with E-state index in [2.05, 4.69) is 5.32 Å². The number of rotatable bonds is 4. The van der Waals surface area contributed by atoms with Crippen molar-refractivity contribution in [1.82, 2.24) is 0 Å². The zero-order chi connectivity index (χ0) is 14.7. The van der Waals surface area contributed by atoms with Gasteiger partial charge in [-0.3, -0.25) is 0 Å². The second-order valence-corrected chi connectivity index (χ2v) is 5.12. The second-order valence-electron chi connectivity index (χ2n) is 4.68. The molecule has 0 bridgehead atoms. The minimum absolute atomic E-state index is 0.217. The average molecular weight is 294 g/mol. The van der Waals surface area contributed by atoms with Crippen LogP contribution in [0.1, 0.15) is 24.1 Å². The van der Waals surface area contributed by atoms with Gasteiger partial charge in [-0.05, 0) is 49.7 Å². The monoisotopic (exact) mass is 293 g/mol. The summed E-state index contributed by atoms with van der Waals surface area (Å²) >= 11 is 5.94. The van der Waals surface area contributed by atoms with Crippen molar-refractivity contribution in [3.63, 3.8) is 0 Å². The Morgan fingerprint density at radius 3 is 2.65 bits per heavy atom. The molecule has 0 aliphatic carbocycles. The van der Waals surface area contributed by atoms with Gasteiger partial charge in [0, 0.05) is 10.7 Å². The van der Waals surface area contributed by atoms with Gasteiger partial charge >= 0.3 is 0 Å². The van der Waals surface area contributed by atoms with Gasteiger partial charge in [0.1, 0.15) is 11.6 Å². The fourth-order valence-electron chi connectivity index (χ4n) is 2.21. The number of halogens is 2. The lowest BCUT2D eigenvalue weighted by Gasteiger charge is -2.20. The van der Waals surface area contributed by atoms with E-state index in [0.717, 1.165) is 11.3 Å². The first kappa shape index (κ1) is 14.7. The largest absolute Gasteiger partial charge is 0.496 e. The van der Waals surface area contributed by atoms with Crippen LogP contribution in [0.2, 0.25) is 5.02 Å². The van der Waals surface area contributed by atoms with Crippen LogP contribution in [-0.4, -0.2) is 7.11 Å². The standard InChI is InChI=1S/C16H17ClFNO/c1-10-9-12(17)7-8-14(10)19-11(2)16-13(18)5-4-6-15(16)20-3/h4-9,11,19H,1-3H3. The van der Waals surface area contributed by atoms with Crippen molar-refractivity contribution in [2.24, 2.45) is 0 Å². The molecule has 0 radical (unpaired) electrons. The Hall–Kier alpha value is -1.74. The van der Waals surface area contributed by atoms with Gasteiger partial charge in [-0.15, -0.1) is 0 Å². The Bertz CT molecular complexity index is 615. The SMILES string of the molecule is COc1cccc(F)c1C(C)Nc1ccc(Cl)cc1C. The molecule has 2 nitrogen and oxygen atoms in total. The molecule has 0 saturated heterocycles.